The van der Waals surface area contributed by atoms with Gasteiger partial charge in [0.05, 0.1) is 21.5 Å². The van der Waals surface area contributed by atoms with Crippen molar-refractivity contribution in [2.45, 2.75) is 6.54 Å². The number of thiophene rings is 1. The largest absolute Gasteiger partial charge is 0.324 e. The van der Waals surface area contributed by atoms with E-state index >= 15 is 0 Å². The Morgan fingerprint density at radius 2 is 2.31 bits per heavy atom. The van der Waals surface area contributed by atoms with Gasteiger partial charge in [-0.3, -0.25) is 0 Å². The Bertz CT molecular complexity index is 639. The van der Waals surface area contributed by atoms with E-state index in [4.69, 9.17) is 17.3 Å². The molecule has 0 fully saturated rings. The van der Waals surface area contributed by atoms with Gasteiger partial charge in [-0.25, -0.2) is 9.50 Å². The molecular weight excluding hydrogens is 264 g/mol. The molecule has 3 heterocycles. The van der Waals surface area contributed by atoms with Crippen LogP contribution in [-0.4, -0.2) is 14.6 Å². The molecule has 2 N–H and O–H groups in total. The number of nitrogens with two attached hydrogens (primary N) is 1. The van der Waals surface area contributed by atoms with E-state index in [0.29, 0.717) is 12.4 Å². The highest BCUT2D eigenvalue weighted by molar-refractivity contribution is 7.20. The van der Waals surface area contributed by atoms with Gasteiger partial charge in [-0.1, -0.05) is 11.6 Å². The standard InChI is InChI=1S/C9H7ClN4S2/c10-7-2-1-6(16-7)5-4-15-9-12-8(3-11)13-14(5)9/h1-2,4H,3,11H2. The molecule has 3 aromatic rings. The number of nitrogens with zero attached hydrogens (tertiary/aromatic N) is 3. The van der Waals surface area contributed by atoms with Gasteiger partial charge in [-0.15, -0.1) is 27.8 Å². The lowest BCUT2D eigenvalue weighted by Crippen LogP contribution is -1.99. The monoisotopic (exact) mass is 270 g/mol. The van der Waals surface area contributed by atoms with Crippen LogP contribution in [0.4, 0.5) is 0 Å². The Morgan fingerprint density at radius 1 is 1.44 bits per heavy atom. The maximum Gasteiger partial charge on any atom is 0.212 e. The molecule has 3 aromatic heterocycles. The average molecular weight is 271 g/mol. The van der Waals surface area contributed by atoms with Gasteiger partial charge in [-0.2, -0.15) is 0 Å². The van der Waals surface area contributed by atoms with E-state index in [0.717, 1.165) is 19.9 Å². The van der Waals surface area contributed by atoms with Crippen molar-refractivity contribution < 1.29 is 0 Å². The van der Waals surface area contributed by atoms with Crippen molar-refractivity contribution in [3.05, 3.63) is 27.7 Å². The zero-order chi connectivity index (χ0) is 11.1. The molecule has 0 aliphatic heterocycles. The van der Waals surface area contributed by atoms with Gasteiger partial charge in [0.25, 0.3) is 0 Å². The Hall–Kier alpha value is -0.950. The summed E-state index contributed by atoms with van der Waals surface area (Å²) < 4.78 is 2.59. The first kappa shape index (κ1) is 10.2. The normalized spacial score (nSPS) is 11.4. The van der Waals surface area contributed by atoms with E-state index in [-0.39, 0.29) is 0 Å². The van der Waals surface area contributed by atoms with Gasteiger partial charge in [0.15, 0.2) is 5.82 Å². The fraction of sp³-hybridized carbons (Fsp3) is 0.111. The molecule has 16 heavy (non-hydrogen) atoms. The Balaban J connectivity index is 2.19. The van der Waals surface area contributed by atoms with E-state index in [1.165, 1.54) is 11.3 Å². The quantitative estimate of drug-likeness (QED) is 0.779. The predicted octanol–water partition coefficient (Wildman–Crippen LogP) is 2.63. The second kappa shape index (κ2) is 3.81. The molecule has 0 atom stereocenters. The van der Waals surface area contributed by atoms with Crippen LogP contribution >= 0.6 is 34.3 Å². The molecule has 0 aliphatic rings. The third kappa shape index (κ3) is 1.54. The maximum atomic E-state index is 5.92. The van der Waals surface area contributed by atoms with Crippen molar-refractivity contribution >= 4 is 39.2 Å². The van der Waals surface area contributed by atoms with Crippen LogP contribution in [0.3, 0.4) is 0 Å². The van der Waals surface area contributed by atoms with Gasteiger partial charge in [0, 0.05) is 5.38 Å². The first-order chi connectivity index (χ1) is 7.78. The first-order valence-electron chi connectivity index (χ1n) is 4.57. The molecule has 0 saturated heterocycles. The zero-order valence-corrected chi connectivity index (χ0v) is 10.4. The Labute approximate surface area is 104 Å². The highest BCUT2D eigenvalue weighted by Gasteiger charge is 2.12. The van der Waals surface area contributed by atoms with Crippen LogP contribution in [0.5, 0.6) is 0 Å². The fourth-order valence-corrected chi connectivity index (χ4v) is 3.39. The highest BCUT2D eigenvalue weighted by atomic mass is 35.5. The average Bonchev–Trinajstić information content (AvgIpc) is 2.91. The van der Waals surface area contributed by atoms with Crippen LogP contribution in [-0.2, 0) is 6.54 Å². The van der Waals surface area contributed by atoms with Gasteiger partial charge in [-0.05, 0) is 12.1 Å². The summed E-state index contributed by atoms with van der Waals surface area (Å²) in [4.78, 5) is 6.25. The lowest BCUT2D eigenvalue weighted by Gasteiger charge is -1.91. The van der Waals surface area contributed by atoms with Crippen molar-refractivity contribution in [2.75, 3.05) is 0 Å². The smallest absolute Gasteiger partial charge is 0.212 e. The molecule has 0 spiro atoms. The third-order valence-electron chi connectivity index (χ3n) is 2.13. The topological polar surface area (TPSA) is 56.2 Å². The first-order valence-corrected chi connectivity index (χ1v) is 6.64. The van der Waals surface area contributed by atoms with Crippen LogP contribution in [0.25, 0.3) is 15.5 Å². The maximum absolute atomic E-state index is 5.92. The lowest BCUT2D eigenvalue weighted by molar-refractivity contribution is 0.877. The Kier molecular flexibility index (Phi) is 2.44. The highest BCUT2D eigenvalue weighted by Crippen LogP contribution is 2.33. The number of aromatic nitrogens is 3. The van der Waals surface area contributed by atoms with E-state index < -0.39 is 0 Å². The number of hydrogen-bond acceptors (Lipinski definition) is 5. The summed E-state index contributed by atoms with van der Waals surface area (Å²) in [6.07, 6.45) is 0. The molecule has 4 nitrogen and oxygen atoms in total. The van der Waals surface area contributed by atoms with Crippen LogP contribution < -0.4 is 5.73 Å². The fourth-order valence-electron chi connectivity index (χ4n) is 1.43. The minimum atomic E-state index is 0.360. The van der Waals surface area contributed by atoms with E-state index in [2.05, 4.69) is 10.1 Å². The number of halogens is 1. The summed E-state index contributed by atoms with van der Waals surface area (Å²) in [6.45, 7) is 0.360. The molecule has 0 amide bonds. The second-order valence-electron chi connectivity index (χ2n) is 3.15. The summed E-state index contributed by atoms with van der Waals surface area (Å²) in [5.41, 5.74) is 6.53. The van der Waals surface area contributed by atoms with E-state index in [9.17, 15) is 0 Å². The van der Waals surface area contributed by atoms with E-state index in [1.807, 2.05) is 22.0 Å². The SMILES string of the molecule is NCc1nc2scc(-c3ccc(Cl)s3)n2n1. The van der Waals surface area contributed by atoms with Gasteiger partial charge in [0.2, 0.25) is 4.96 Å². The molecule has 0 aromatic carbocycles. The minimum Gasteiger partial charge on any atom is -0.324 e. The minimum absolute atomic E-state index is 0.360. The van der Waals surface area contributed by atoms with Crippen molar-refractivity contribution in [3.8, 4) is 10.6 Å². The second-order valence-corrected chi connectivity index (χ2v) is 5.70. The summed E-state index contributed by atoms with van der Waals surface area (Å²) in [7, 11) is 0. The number of thiazole rings is 1. The third-order valence-corrected chi connectivity index (χ3v) is 4.20. The predicted molar refractivity (Wildman–Crippen MR) is 67.1 cm³/mol. The molecule has 0 saturated carbocycles. The summed E-state index contributed by atoms with van der Waals surface area (Å²) in [5, 5.41) is 6.36. The van der Waals surface area contributed by atoms with Crippen molar-refractivity contribution in [3.63, 3.8) is 0 Å². The summed E-state index contributed by atoms with van der Waals surface area (Å²) >= 11 is 9.00. The molecule has 0 radical (unpaired) electrons. The van der Waals surface area contributed by atoms with Gasteiger partial charge >= 0.3 is 0 Å². The van der Waals surface area contributed by atoms with Crippen LogP contribution in [0.2, 0.25) is 4.34 Å². The number of fused-ring (bicyclic) bond motifs is 1. The zero-order valence-electron chi connectivity index (χ0n) is 8.05. The van der Waals surface area contributed by atoms with Crippen molar-refractivity contribution in [1.82, 2.24) is 14.6 Å². The molecule has 0 aliphatic carbocycles. The molecule has 0 unspecified atom stereocenters. The van der Waals surface area contributed by atoms with Gasteiger partial charge < -0.3 is 5.73 Å². The molecule has 7 heteroatoms. The molecular formula is C9H7ClN4S2. The summed E-state index contributed by atoms with van der Waals surface area (Å²) in [5.74, 6) is 0.663. The number of hydrogen-bond donors (Lipinski definition) is 1. The Morgan fingerprint density at radius 3 is 3.00 bits per heavy atom. The van der Waals surface area contributed by atoms with E-state index in [1.54, 1.807) is 11.3 Å². The molecule has 0 bridgehead atoms. The lowest BCUT2D eigenvalue weighted by atomic mass is 10.4. The van der Waals surface area contributed by atoms with Crippen LogP contribution in [0.1, 0.15) is 5.82 Å². The number of rotatable bonds is 2. The molecule has 3 rings (SSSR count). The van der Waals surface area contributed by atoms with Gasteiger partial charge in [0.1, 0.15) is 0 Å². The molecule has 82 valence electrons. The van der Waals surface area contributed by atoms with Crippen LogP contribution in [0.15, 0.2) is 17.5 Å². The van der Waals surface area contributed by atoms with Crippen molar-refractivity contribution in [2.24, 2.45) is 5.73 Å². The summed E-state index contributed by atoms with van der Waals surface area (Å²) in [6, 6.07) is 3.87. The van der Waals surface area contributed by atoms with Crippen molar-refractivity contribution in [1.29, 1.82) is 0 Å². The van der Waals surface area contributed by atoms with Crippen LogP contribution in [0, 0.1) is 0 Å².